The maximum Gasteiger partial charge on any atom is 0.246 e. The smallest absolute Gasteiger partial charge is 0.246 e. The monoisotopic (exact) mass is 223 g/mol. The Morgan fingerprint density at radius 1 is 1.33 bits per heavy atom. The van der Waals surface area contributed by atoms with Crippen LogP contribution in [-0.4, -0.2) is 5.79 Å². The van der Waals surface area contributed by atoms with Gasteiger partial charge in [-0.15, -0.1) is 0 Å². The lowest BCUT2D eigenvalue weighted by Crippen LogP contribution is -2.29. The van der Waals surface area contributed by atoms with Crippen LogP contribution in [0.5, 0.6) is 11.5 Å². The number of nitrogens with zero attached hydrogens (tertiary/aromatic N) is 1. The average molecular weight is 224 g/mol. The van der Waals surface area contributed by atoms with Gasteiger partial charge in [-0.25, -0.2) is 0 Å². The summed E-state index contributed by atoms with van der Waals surface area (Å²) in [4.78, 5) is 0. The molecule has 0 bridgehead atoms. The van der Waals surface area contributed by atoms with Gasteiger partial charge in [0.25, 0.3) is 0 Å². The first-order chi connectivity index (χ1) is 7.02. The number of halogens is 1. The molecule has 0 unspecified atom stereocenters. The van der Waals surface area contributed by atoms with Gasteiger partial charge in [0, 0.05) is 24.9 Å². The third-order valence-electron chi connectivity index (χ3n) is 2.09. The number of hydrogen-bond donors (Lipinski definition) is 0. The van der Waals surface area contributed by atoms with Gasteiger partial charge in [-0.3, -0.25) is 0 Å². The minimum atomic E-state index is -0.656. The minimum absolute atomic E-state index is 0.274. The molecular formula is C11H10ClNO2. The van der Waals surface area contributed by atoms with Gasteiger partial charge in [-0.2, -0.15) is 5.26 Å². The Labute approximate surface area is 93.2 Å². The van der Waals surface area contributed by atoms with Crippen molar-refractivity contribution in [3.8, 4) is 17.6 Å². The second kappa shape index (κ2) is 3.32. The van der Waals surface area contributed by atoms with Gasteiger partial charge in [0.2, 0.25) is 5.79 Å². The number of nitriles is 1. The molecule has 0 N–H and O–H groups in total. The van der Waals surface area contributed by atoms with Crippen molar-refractivity contribution < 1.29 is 9.47 Å². The zero-order valence-electron chi connectivity index (χ0n) is 8.50. The molecule has 1 heterocycles. The number of fused-ring (bicyclic) bond motifs is 1. The van der Waals surface area contributed by atoms with Gasteiger partial charge in [-0.1, -0.05) is 11.6 Å². The molecule has 0 radical (unpaired) electrons. The lowest BCUT2D eigenvalue weighted by molar-refractivity contribution is -0.0431. The van der Waals surface area contributed by atoms with Gasteiger partial charge < -0.3 is 9.47 Å². The molecule has 0 atom stereocenters. The highest BCUT2D eigenvalue weighted by molar-refractivity contribution is 6.31. The molecule has 0 aliphatic carbocycles. The number of ether oxygens (including phenoxy) is 2. The van der Waals surface area contributed by atoms with Gasteiger partial charge in [-0.05, 0) is 11.6 Å². The zero-order valence-corrected chi connectivity index (χ0v) is 9.26. The van der Waals surface area contributed by atoms with E-state index < -0.39 is 5.79 Å². The van der Waals surface area contributed by atoms with E-state index in [1.807, 2.05) is 13.8 Å². The summed E-state index contributed by atoms with van der Waals surface area (Å²) in [5, 5.41) is 9.15. The molecule has 78 valence electrons. The lowest BCUT2D eigenvalue weighted by atomic mass is 10.1. The lowest BCUT2D eigenvalue weighted by Gasteiger charge is -2.16. The summed E-state index contributed by atoms with van der Waals surface area (Å²) in [6, 6.07) is 5.51. The van der Waals surface area contributed by atoms with Crippen LogP contribution in [-0.2, 0) is 6.42 Å². The van der Waals surface area contributed by atoms with Crippen LogP contribution in [0.3, 0.4) is 0 Å². The van der Waals surface area contributed by atoms with Crippen molar-refractivity contribution in [3.63, 3.8) is 0 Å². The maximum absolute atomic E-state index is 8.61. The SMILES string of the molecule is CC1(C)Oc2cc(Cl)c(CC#N)cc2O1. The average Bonchev–Trinajstić information content (AvgIpc) is 2.39. The van der Waals surface area contributed by atoms with Crippen LogP contribution < -0.4 is 9.47 Å². The fourth-order valence-corrected chi connectivity index (χ4v) is 1.73. The fourth-order valence-electron chi connectivity index (χ4n) is 1.51. The molecule has 0 saturated heterocycles. The Morgan fingerprint density at radius 2 is 1.93 bits per heavy atom. The van der Waals surface area contributed by atoms with Gasteiger partial charge in [0.15, 0.2) is 11.5 Å². The Hall–Kier alpha value is -1.40. The summed E-state index contributed by atoms with van der Waals surface area (Å²) >= 11 is 5.99. The largest absolute Gasteiger partial charge is 0.449 e. The summed E-state index contributed by atoms with van der Waals surface area (Å²) < 4.78 is 11.1. The van der Waals surface area contributed by atoms with Crippen molar-refractivity contribution >= 4 is 11.6 Å². The number of benzene rings is 1. The van der Waals surface area contributed by atoms with Crippen molar-refractivity contribution in [2.75, 3.05) is 0 Å². The molecule has 15 heavy (non-hydrogen) atoms. The van der Waals surface area contributed by atoms with E-state index in [2.05, 4.69) is 6.07 Å². The predicted molar refractivity (Wildman–Crippen MR) is 56.1 cm³/mol. The second-order valence-electron chi connectivity index (χ2n) is 3.83. The third-order valence-corrected chi connectivity index (χ3v) is 2.45. The Kier molecular flexibility index (Phi) is 2.24. The van der Waals surface area contributed by atoms with E-state index in [0.29, 0.717) is 16.5 Å². The van der Waals surface area contributed by atoms with Crippen molar-refractivity contribution in [1.29, 1.82) is 5.26 Å². The molecule has 0 amide bonds. The predicted octanol–water partition coefficient (Wildman–Crippen LogP) is 2.91. The molecule has 1 aromatic rings. The molecule has 0 fully saturated rings. The molecule has 1 aliphatic rings. The van der Waals surface area contributed by atoms with Gasteiger partial charge in [0.05, 0.1) is 12.5 Å². The van der Waals surface area contributed by atoms with Crippen LogP contribution in [0.25, 0.3) is 0 Å². The summed E-state index contributed by atoms with van der Waals surface area (Å²) in [6.07, 6.45) is 0.274. The minimum Gasteiger partial charge on any atom is -0.449 e. The second-order valence-corrected chi connectivity index (χ2v) is 4.24. The number of rotatable bonds is 1. The first-order valence-corrected chi connectivity index (χ1v) is 4.97. The van der Waals surface area contributed by atoms with Crippen LogP contribution in [0.1, 0.15) is 19.4 Å². The van der Waals surface area contributed by atoms with Crippen molar-refractivity contribution in [3.05, 3.63) is 22.7 Å². The van der Waals surface area contributed by atoms with Crippen LogP contribution in [0, 0.1) is 11.3 Å². The summed E-state index contributed by atoms with van der Waals surface area (Å²) in [7, 11) is 0. The first-order valence-electron chi connectivity index (χ1n) is 4.59. The molecule has 1 aliphatic heterocycles. The standard InChI is InChI=1S/C11H10ClNO2/c1-11(2)14-9-5-7(3-4-13)8(12)6-10(9)15-11/h5-6H,3H2,1-2H3. The summed E-state index contributed by atoms with van der Waals surface area (Å²) in [5.41, 5.74) is 0.763. The quantitative estimate of drug-likeness (QED) is 0.735. The highest BCUT2D eigenvalue weighted by atomic mass is 35.5. The van der Waals surface area contributed by atoms with Gasteiger partial charge in [0.1, 0.15) is 0 Å². The normalized spacial score (nSPS) is 16.1. The van der Waals surface area contributed by atoms with E-state index in [1.54, 1.807) is 12.1 Å². The molecule has 0 aromatic heterocycles. The van der Waals surface area contributed by atoms with Crippen molar-refractivity contribution in [1.82, 2.24) is 0 Å². The van der Waals surface area contributed by atoms with E-state index in [9.17, 15) is 0 Å². The van der Waals surface area contributed by atoms with E-state index >= 15 is 0 Å². The molecular weight excluding hydrogens is 214 g/mol. The van der Waals surface area contributed by atoms with Crippen molar-refractivity contribution in [2.45, 2.75) is 26.1 Å². The van der Waals surface area contributed by atoms with Crippen LogP contribution >= 0.6 is 11.6 Å². The van der Waals surface area contributed by atoms with Crippen LogP contribution in [0.4, 0.5) is 0 Å². The van der Waals surface area contributed by atoms with Gasteiger partial charge >= 0.3 is 0 Å². The summed E-state index contributed by atoms with van der Waals surface area (Å²) in [5.74, 6) is 0.623. The summed E-state index contributed by atoms with van der Waals surface area (Å²) in [6.45, 7) is 3.65. The maximum atomic E-state index is 8.61. The Balaban J connectivity index is 2.42. The van der Waals surface area contributed by atoms with E-state index in [1.165, 1.54) is 0 Å². The van der Waals surface area contributed by atoms with Crippen LogP contribution in [0.15, 0.2) is 12.1 Å². The fraction of sp³-hybridized carbons (Fsp3) is 0.364. The van der Waals surface area contributed by atoms with Crippen LogP contribution in [0.2, 0.25) is 5.02 Å². The highest BCUT2D eigenvalue weighted by Gasteiger charge is 2.32. The molecule has 0 saturated carbocycles. The Morgan fingerprint density at radius 3 is 2.53 bits per heavy atom. The van der Waals surface area contributed by atoms with Crippen molar-refractivity contribution in [2.24, 2.45) is 0 Å². The third kappa shape index (κ3) is 1.86. The number of hydrogen-bond acceptors (Lipinski definition) is 3. The van der Waals surface area contributed by atoms with E-state index in [4.69, 9.17) is 26.3 Å². The zero-order chi connectivity index (χ0) is 11.1. The molecule has 0 spiro atoms. The molecule has 1 aromatic carbocycles. The first kappa shape index (κ1) is 10.1. The molecule has 4 heteroatoms. The molecule has 3 nitrogen and oxygen atoms in total. The Bertz CT molecular complexity index is 449. The topological polar surface area (TPSA) is 42.2 Å². The van der Waals surface area contributed by atoms with E-state index in [0.717, 1.165) is 5.56 Å². The highest BCUT2D eigenvalue weighted by Crippen LogP contribution is 2.42. The molecule has 2 rings (SSSR count). The van der Waals surface area contributed by atoms with E-state index in [-0.39, 0.29) is 6.42 Å².